The van der Waals surface area contributed by atoms with Crippen LogP contribution in [0.15, 0.2) is 58.6 Å². The first-order valence-corrected chi connectivity index (χ1v) is 14.8. The van der Waals surface area contributed by atoms with Gasteiger partial charge in [0, 0.05) is 37.9 Å². The Balaban J connectivity index is 1.23. The third-order valence-electron chi connectivity index (χ3n) is 9.91. The fraction of sp³-hybridized carbons (Fsp3) is 0.531. The van der Waals surface area contributed by atoms with Crippen molar-refractivity contribution < 1.29 is 4.39 Å². The van der Waals surface area contributed by atoms with Gasteiger partial charge in [-0.15, -0.1) is 0 Å². The molecule has 7 nitrogen and oxygen atoms in total. The molecule has 1 aromatic heterocycles. The van der Waals surface area contributed by atoms with Crippen molar-refractivity contribution in [2.45, 2.75) is 65.6 Å². The quantitative estimate of drug-likeness (QED) is 0.353. The Bertz CT molecular complexity index is 1460. The van der Waals surface area contributed by atoms with Gasteiger partial charge in [-0.25, -0.2) is 14.4 Å². The number of fused-ring (bicyclic) bond motifs is 3. The van der Waals surface area contributed by atoms with Crippen molar-refractivity contribution in [2.75, 3.05) is 25.0 Å². The van der Waals surface area contributed by atoms with Gasteiger partial charge in [0.1, 0.15) is 5.82 Å². The van der Waals surface area contributed by atoms with E-state index in [-0.39, 0.29) is 11.4 Å². The molecule has 3 aliphatic carbocycles. The summed E-state index contributed by atoms with van der Waals surface area (Å²) in [6.07, 6.45) is 4.73. The lowest BCUT2D eigenvalue weighted by atomic mass is 9.45. The van der Waals surface area contributed by atoms with E-state index in [1.807, 2.05) is 18.2 Å². The van der Waals surface area contributed by atoms with Gasteiger partial charge in [0.25, 0.3) is 5.56 Å². The molecule has 1 saturated heterocycles. The van der Waals surface area contributed by atoms with E-state index < -0.39 is 0 Å². The first-order valence-electron chi connectivity index (χ1n) is 14.8. The Morgan fingerprint density at radius 2 is 1.98 bits per heavy atom. The lowest BCUT2D eigenvalue weighted by molar-refractivity contribution is -0.108. The molecule has 3 saturated carbocycles. The minimum atomic E-state index is -0.258. The summed E-state index contributed by atoms with van der Waals surface area (Å²) < 4.78 is 14.8. The van der Waals surface area contributed by atoms with Gasteiger partial charge in [0.05, 0.1) is 23.3 Å². The van der Waals surface area contributed by atoms with Gasteiger partial charge in [-0.1, -0.05) is 32.9 Å². The molecule has 2 N–H and O–H groups in total. The van der Waals surface area contributed by atoms with Gasteiger partial charge in [-0.3, -0.25) is 9.36 Å². The molecule has 5 atom stereocenters. The monoisotopic (exact) mass is 544 g/mol. The number of hydrogen-bond donors (Lipinski definition) is 2. The molecule has 40 heavy (non-hydrogen) atoms. The van der Waals surface area contributed by atoms with Gasteiger partial charge in [0.2, 0.25) is 0 Å². The summed E-state index contributed by atoms with van der Waals surface area (Å²) in [5.74, 6) is 2.71. The van der Waals surface area contributed by atoms with Crippen molar-refractivity contribution in [1.29, 1.82) is 0 Å². The average Bonchev–Trinajstić information content (AvgIpc) is 2.94. The fourth-order valence-electron chi connectivity index (χ4n) is 7.19. The highest BCUT2D eigenvalue weighted by atomic mass is 19.1. The summed E-state index contributed by atoms with van der Waals surface area (Å²) in [5.41, 5.74) is 2.90. The number of guanidine groups is 1. The molecule has 1 unspecified atom stereocenters. The molecule has 4 fully saturated rings. The van der Waals surface area contributed by atoms with E-state index in [0.29, 0.717) is 47.3 Å². The Hall–Kier alpha value is -3.26. The predicted octanol–water partition coefficient (Wildman–Crippen LogP) is 4.91. The third-order valence-corrected chi connectivity index (χ3v) is 9.91. The van der Waals surface area contributed by atoms with Crippen LogP contribution in [-0.4, -0.2) is 52.1 Å². The number of anilines is 1. The summed E-state index contributed by atoms with van der Waals surface area (Å²) in [6.45, 7) is 12.7. The number of aliphatic imine (C=N–C) groups is 1. The lowest BCUT2D eigenvalue weighted by Gasteiger charge is -2.61. The number of aryl methyl sites for hydroxylation is 2. The van der Waals surface area contributed by atoms with E-state index in [4.69, 9.17) is 4.99 Å². The zero-order valence-electron chi connectivity index (χ0n) is 24.0. The second-order valence-electron chi connectivity index (χ2n) is 12.8. The second-order valence-corrected chi connectivity index (χ2v) is 12.8. The minimum Gasteiger partial charge on any atom is -0.340 e. The van der Waals surface area contributed by atoms with Crippen LogP contribution in [0.2, 0.25) is 0 Å². The number of nitrogens with zero attached hydrogens (tertiary/aromatic N) is 4. The molecule has 4 aliphatic rings. The van der Waals surface area contributed by atoms with E-state index in [1.165, 1.54) is 18.6 Å². The average molecular weight is 545 g/mol. The molecule has 2 heterocycles. The van der Waals surface area contributed by atoms with Crippen molar-refractivity contribution in [3.63, 3.8) is 0 Å². The SMILES string of the molecule is C[C@@H]1C(N=C(Nc2ccc3c(=O)n(CCc4ccc(F)cc4)cnc3c2)N2CCN[C@@H](C)C2)C[C@H]2C[C@@H]1C2(C)C. The summed E-state index contributed by atoms with van der Waals surface area (Å²) >= 11 is 0. The second kappa shape index (κ2) is 10.6. The van der Waals surface area contributed by atoms with Crippen molar-refractivity contribution >= 4 is 22.5 Å². The normalized spacial score (nSPS) is 27.9. The van der Waals surface area contributed by atoms with Crippen LogP contribution in [0.1, 0.15) is 46.1 Å². The molecule has 1 aliphatic heterocycles. The smallest absolute Gasteiger partial charge is 0.261 e. The number of piperazine rings is 1. The number of halogens is 1. The van der Waals surface area contributed by atoms with Crippen LogP contribution in [-0.2, 0) is 13.0 Å². The molecule has 3 aromatic rings. The maximum absolute atomic E-state index is 13.2. The van der Waals surface area contributed by atoms with Crippen molar-refractivity contribution in [2.24, 2.45) is 28.2 Å². The Morgan fingerprint density at radius 3 is 2.70 bits per heavy atom. The van der Waals surface area contributed by atoms with Gasteiger partial charge >= 0.3 is 0 Å². The van der Waals surface area contributed by atoms with Gasteiger partial charge in [0.15, 0.2) is 5.96 Å². The van der Waals surface area contributed by atoms with Crippen LogP contribution in [0.5, 0.6) is 0 Å². The Morgan fingerprint density at radius 1 is 1.18 bits per heavy atom. The molecule has 0 radical (unpaired) electrons. The lowest BCUT2D eigenvalue weighted by Crippen LogP contribution is -2.57. The van der Waals surface area contributed by atoms with E-state index in [1.54, 1.807) is 23.0 Å². The highest BCUT2D eigenvalue weighted by Gasteiger charge is 2.56. The zero-order chi connectivity index (χ0) is 28.0. The number of rotatable bonds is 5. The highest BCUT2D eigenvalue weighted by Crippen LogP contribution is 2.61. The molecular weight excluding hydrogens is 503 g/mol. The Kier molecular flexibility index (Phi) is 7.15. The topological polar surface area (TPSA) is 74.5 Å². The fourth-order valence-corrected chi connectivity index (χ4v) is 7.19. The number of nitrogens with one attached hydrogen (secondary N) is 2. The largest absolute Gasteiger partial charge is 0.340 e. The third kappa shape index (κ3) is 5.14. The van der Waals surface area contributed by atoms with Crippen molar-refractivity contribution in [1.82, 2.24) is 19.8 Å². The van der Waals surface area contributed by atoms with Crippen molar-refractivity contribution in [3.8, 4) is 0 Å². The predicted molar refractivity (Wildman–Crippen MR) is 159 cm³/mol. The Labute approximate surface area is 235 Å². The first kappa shape index (κ1) is 26.9. The molecule has 212 valence electrons. The molecule has 0 spiro atoms. The highest BCUT2D eigenvalue weighted by molar-refractivity contribution is 5.96. The standard InChI is InChI=1S/C32H41FN6O/c1-20-18-38(14-12-34-20)31(37-28-16-23-15-27(21(28)2)32(23,3)4)36-25-9-10-26-29(17-25)35-19-39(30(26)40)13-11-22-5-7-24(33)8-6-22/h5-10,17,19-21,23,27-28,34H,11-16,18H2,1-4H3,(H,36,37)/t20-,21-,23+,27-,28?/m0/s1. The van der Waals surface area contributed by atoms with Crippen LogP contribution in [0.4, 0.5) is 10.1 Å². The summed E-state index contributed by atoms with van der Waals surface area (Å²) in [7, 11) is 0. The van der Waals surface area contributed by atoms with E-state index in [9.17, 15) is 9.18 Å². The molecule has 8 heteroatoms. The van der Waals surface area contributed by atoms with Crippen LogP contribution in [0, 0.1) is 29.0 Å². The van der Waals surface area contributed by atoms with Gasteiger partial charge in [-0.05, 0) is 85.3 Å². The van der Waals surface area contributed by atoms with Crippen LogP contribution < -0.4 is 16.2 Å². The summed E-state index contributed by atoms with van der Waals surface area (Å²) in [6, 6.07) is 12.9. The van der Waals surface area contributed by atoms with Gasteiger partial charge < -0.3 is 15.5 Å². The van der Waals surface area contributed by atoms with Crippen molar-refractivity contribution in [3.05, 3.63) is 70.5 Å². The molecule has 7 rings (SSSR count). The zero-order valence-corrected chi connectivity index (χ0v) is 24.0. The van der Waals surface area contributed by atoms with Crippen LogP contribution >= 0.6 is 0 Å². The number of benzene rings is 2. The van der Waals surface area contributed by atoms with Gasteiger partial charge in [-0.2, -0.15) is 0 Å². The minimum absolute atomic E-state index is 0.0682. The first-order chi connectivity index (χ1) is 19.2. The molecule has 0 amide bonds. The number of aromatic nitrogens is 2. The van der Waals surface area contributed by atoms with E-state index in [0.717, 1.165) is 55.1 Å². The number of hydrogen-bond acceptors (Lipinski definition) is 4. The maximum atomic E-state index is 13.2. The van der Waals surface area contributed by atoms with E-state index in [2.05, 4.69) is 48.2 Å². The summed E-state index contributed by atoms with van der Waals surface area (Å²) in [4.78, 5) is 25.6. The summed E-state index contributed by atoms with van der Waals surface area (Å²) in [5, 5.41) is 7.76. The van der Waals surface area contributed by atoms with E-state index >= 15 is 0 Å². The maximum Gasteiger partial charge on any atom is 0.261 e. The van der Waals surface area contributed by atoms with Crippen LogP contribution in [0.3, 0.4) is 0 Å². The molecule has 2 bridgehead atoms. The van der Waals surface area contributed by atoms with Crippen LogP contribution in [0.25, 0.3) is 10.9 Å². The molecular formula is C32H41FN6O. The molecule has 2 aromatic carbocycles.